The Hall–Kier alpha value is -1.25. The van der Waals surface area contributed by atoms with E-state index in [1.807, 2.05) is 6.92 Å². The summed E-state index contributed by atoms with van der Waals surface area (Å²) < 4.78 is 38.6. The summed E-state index contributed by atoms with van der Waals surface area (Å²) in [6, 6.07) is 4.07. The highest BCUT2D eigenvalue weighted by molar-refractivity contribution is 5.36. The van der Waals surface area contributed by atoms with Crippen molar-refractivity contribution in [2.75, 3.05) is 0 Å². The molecule has 0 aromatic heterocycles. The zero-order valence-corrected chi connectivity index (χ0v) is 13.9. The molecule has 0 saturated carbocycles. The van der Waals surface area contributed by atoms with Crippen molar-refractivity contribution in [1.82, 2.24) is 0 Å². The first-order valence-electron chi connectivity index (χ1n) is 8.13. The van der Waals surface area contributed by atoms with Gasteiger partial charge in [-0.2, -0.15) is 13.2 Å². The third-order valence-electron chi connectivity index (χ3n) is 4.13. The topological polar surface area (TPSA) is 0 Å². The average molecular weight is 312 g/mol. The molecule has 0 aliphatic rings. The molecule has 3 heteroatoms. The number of benzene rings is 1. The number of hydrogen-bond acceptors (Lipinski definition) is 0. The lowest BCUT2D eigenvalue weighted by atomic mass is 9.92. The van der Waals surface area contributed by atoms with Crippen LogP contribution in [0.4, 0.5) is 13.2 Å². The molecule has 0 nitrogen and oxygen atoms in total. The van der Waals surface area contributed by atoms with Crippen molar-refractivity contribution in [3.63, 3.8) is 0 Å². The lowest BCUT2D eigenvalue weighted by Gasteiger charge is -2.15. The van der Waals surface area contributed by atoms with E-state index in [-0.39, 0.29) is 0 Å². The van der Waals surface area contributed by atoms with Gasteiger partial charge in [0.05, 0.1) is 5.56 Å². The van der Waals surface area contributed by atoms with Gasteiger partial charge in [-0.15, -0.1) is 0 Å². The lowest BCUT2D eigenvalue weighted by molar-refractivity contribution is -0.137. The number of hydrogen-bond donors (Lipinski definition) is 0. The molecule has 0 radical (unpaired) electrons. The fraction of sp³-hybridized carbons (Fsp3) is 0.579. The Morgan fingerprint density at radius 2 is 1.82 bits per heavy atom. The monoisotopic (exact) mass is 312 g/mol. The van der Waals surface area contributed by atoms with Gasteiger partial charge in [0.25, 0.3) is 0 Å². The van der Waals surface area contributed by atoms with Crippen LogP contribution >= 0.6 is 0 Å². The van der Waals surface area contributed by atoms with Gasteiger partial charge in [-0.1, -0.05) is 51.8 Å². The molecule has 0 unspecified atom stereocenters. The van der Waals surface area contributed by atoms with E-state index in [2.05, 4.69) is 20.4 Å². The summed E-state index contributed by atoms with van der Waals surface area (Å²) >= 11 is 0. The van der Waals surface area contributed by atoms with Gasteiger partial charge in [0, 0.05) is 0 Å². The Morgan fingerprint density at radius 1 is 1.14 bits per heavy atom. The van der Waals surface area contributed by atoms with Crippen LogP contribution in [-0.4, -0.2) is 0 Å². The molecule has 0 saturated heterocycles. The molecular weight excluding hydrogens is 285 g/mol. The van der Waals surface area contributed by atoms with E-state index in [4.69, 9.17) is 0 Å². The van der Waals surface area contributed by atoms with Crippen LogP contribution in [0.15, 0.2) is 30.4 Å². The van der Waals surface area contributed by atoms with Gasteiger partial charge in [-0.3, -0.25) is 0 Å². The van der Waals surface area contributed by atoms with Crippen molar-refractivity contribution < 1.29 is 13.2 Å². The minimum atomic E-state index is -4.28. The summed E-state index contributed by atoms with van der Waals surface area (Å²) in [5.41, 5.74) is 2.21. The van der Waals surface area contributed by atoms with Gasteiger partial charge < -0.3 is 0 Å². The minimum Gasteiger partial charge on any atom is -0.166 e. The molecule has 1 aromatic rings. The summed E-state index contributed by atoms with van der Waals surface area (Å²) in [6.45, 7) is 10.4. The summed E-state index contributed by atoms with van der Waals surface area (Å²) in [4.78, 5) is 0. The molecule has 1 rings (SSSR count). The highest BCUT2D eigenvalue weighted by Gasteiger charge is 2.30. The summed E-state index contributed by atoms with van der Waals surface area (Å²) in [5.74, 6) is 0.647. The number of aryl methyl sites for hydroxylation is 1. The Labute approximate surface area is 132 Å². The van der Waals surface area contributed by atoms with Crippen LogP contribution in [0.3, 0.4) is 0 Å². The Kier molecular flexibility index (Phi) is 7.18. The fourth-order valence-electron chi connectivity index (χ4n) is 2.76. The maximum Gasteiger partial charge on any atom is 0.416 e. The van der Waals surface area contributed by atoms with Crippen LogP contribution in [-0.2, 0) is 19.0 Å². The van der Waals surface area contributed by atoms with E-state index < -0.39 is 11.7 Å². The average Bonchev–Trinajstić information content (AvgIpc) is 2.44. The van der Waals surface area contributed by atoms with E-state index in [0.717, 1.165) is 36.0 Å². The molecule has 0 bridgehead atoms. The molecule has 0 N–H and O–H groups in total. The summed E-state index contributed by atoms with van der Waals surface area (Å²) in [7, 11) is 0. The predicted molar refractivity (Wildman–Crippen MR) is 87.0 cm³/mol. The second-order valence-electron chi connectivity index (χ2n) is 6.19. The molecule has 0 fully saturated rings. The van der Waals surface area contributed by atoms with Gasteiger partial charge in [-0.05, 0) is 54.9 Å². The molecule has 0 spiro atoms. The number of alkyl halides is 3. The number of halogens is 3. The molecule has 1 atom stereocenters. The van der Waals surface area contributed by atoms with Crippen LogP contribution in [0.1, 0.15) is 63.1 Å². The smallest absolute Gasteiger partial charge is 0.166 e. The van der Waals surface area contributed by atoms with Gasteiger partial charge in [0.1, 0.15) is 0 Å². The summed E-state index contributed by atoms with van der Waals surface area (Å²) in [5, 5.41) is 0. The van der Waals surface area contributed by atoms with Crippen molar-refractivity contribution in [1.29, 1.82) is 0 Å². The predicted octanol–water partition coefficient (Wildman–Crippen LogP) is 6.58. The zero-order chi connectivity index (χ0) is 16.8. The van der Waals surface area contributed by atoms with E-state index >= 15 is 0 Å². The Morgan fingerprint density at radius 3 is 2.36 bits per heavy atom. The van der Waals surface area contributed by atoms with Crippen LogP contribution in [0.25, 0.3) is 0 Å². The third kappa shape index (κ3) is 5.86. The minimum absolute atomic E-state index is 0.548. The molecule has 0 aliphatic carbocycles. The zero-order valence-electron chi connectivity index (χ0n) is 13.9. The lowest BCUT2D eigenvalue weighted by Crippen LogP contribution is -2.07. The molecule has 1 aromatic carbocycles. The second kappa shape index (κ2) is 8.40. The maximum atomic E-state index is 12.9. The molecular formula is C19H27F3. The fourth-order valence-corrected chi connectivity index (χ4v) is 2.76. The van der Waals surface area contributed by atoms with Crippen molar-refractivity contribution in [2.24, 2.45) is 5.92 Å². The third-order valence-corrected chi connectivity index (χ3v) is 4.13. The molecule has 0 amide bonds. The first-order valence-corrected chi connectivity index (χ1v) is 8.13. The normalized spacial score (nSPS) is 13.2. The van der Waals surface area contributed by atoms with Crippen LogP contribution in [0, 0.1) is 5.92 Å². The van der Waals surface area contributed by atoms with Crippen LogP contribution in [0.5, 0.6) is 0 Å². The van der Waals surface area contributed by atoms with E-state index in [9.17, 15) is 13.2 Å². The molecule has 0 heterocycles. The van der Waals surface area contributed by atoms with Gasteiger partial charge in [-0.25, -0.2) is 0 Å². The van der Waals surface area contributed by atoms with E-state index in [1.165, 1.54) is 25.0 Å². The van der Waals surface area contributed by atoms with Crippen molar-refractivity contribution in [3.05, 3.63) is 47.0 Å². The van der Waals surface area contributed by atoms with Gasteiger partial charge >= 0.3 is 6.18 Å². The molecule has 22 heavy (non-hydrogen) atoms. The number of allylic oxidation sites excluding steroid dienone is 1. The van der Waals surface area contributed by atoms with E-state index in [1.54, 1.807) is 6.07 Å². The SMILES string of the molecule is C=C(CC[C@@H](C)CCC)Cc1cc(C(F)(F)F)ccc1CC. The second-order valence-corrected chi connectivity index (χ2v) is 6.19. The quantitative estimate of drug-likeness (QED) is 0.475. The van der Waals surface area contributed by atoms with E-state index in [0.29, 0.717) is 12.3 Å². The van der Waals surface area contributed by atoms with Crippen molar-refractivity contribution in [2.45, 2.75) is 65.5 Å². The van der Waals surface area contributed by atoms with Crippen molar-refractivity contribution >= 4 is 0 Å². The van der Waals surface area contributed by atoms with Gasteiger partial charge in [0.15, 0.2) is 0 Å². The standard InChI is InChI=1S/C19H27F3/c1-5-7-14(3)8-9-15(4)12-17-13-18(19(20,21)22)11-10-16(17)6-2/h10-11,13-14H,4-9,12H2,1-3H3/t14-/m0/s1. The Balaban J connectivity index is 2.76. The maximum absolute atomic E-state index is 12.9. The number of rotatable bonds is 8. The van der Waals surface area contributed by atoms with Crippen molar-refractivity contribution in [3.8, 4) is 0 Å². The molecule has 124 valence electrons. The van der Waals surface area contributed by atoms with Crippen LogP contribution in [0.2, 0.25) is 0 Å². The highest BCUT2D eigenvalue weighted by Crippen LogP contribution is 2.31. The highest BCUT2D eigenvalue weighted by atomic mass is 19.4. The Bertz CT molecular complexity index is 486. The summed E-state index contributed by atoms with van der Waals surface area (Å²) in [6.07, 6.45) is 1.32. The van der Waals surface area contributed by atoms with Crippen LogP contribution < -0.4 is 0 Å². The van der Waals surface area contributed by atoms with Gasteiger partial charge in [0.2, 0.25) is 0 Å². The molecule has 0 aliphatic heterocycles. The first-order chi connectivity index (χ1) is 10.3. The largest absolute Gasteiger partial charge is 0.416 e. The first kappa shape index (κ1) is 18.8.